The van der Waals surface area contributed by atoms with E-state index in [1.807, 2.05) is 0 Å². The fraction of sp³-hybridized carbons (Fsp3) is 0. The molecular formula is H2BFO2PRb. The molecule has 0 aliphatic heterocycles. The van der Waals surface area contributed by atoms with Crippen LogP contribution in [0.2, 0.25) is 0 Å². The van der Waals surface area contributed by atoms with E-state index in [2.05, 4.69) is 7.57 Å². The van der Waals surface area contributed by atoms with Crippen LogP contribution < -0.4 is 58.2 Å². The van der Waals surface area contributed by atoms with Gasteiger partial charge in [-0.05, 0) is 0 Å². The van der Waals surface area contributed by atoms with E-state index in [1.54, 1.807) is 0 Å². The van der Waals surface area contributed by atoms with Crippen LogP contribution in [0.15, 0.2) is 0 Å². The average Bonchev–Trinajstić information content (AvgIpc) is 0.722. The number of halogens is 1. The molecule has 0 aromatic carbocycles. The standard InChI is InChI=1S/BFHO2P.Rb.H/c1-5(2,3)4;;/h(H,3,4);;/q;+1;-1. The summed E-state index contributed by atoms with van der Waals surface area (Å²) in [6.07, 6.45) is 0. The van der Waals surface area contributed by atoms with Gasteiger partial charge in [-0.1, -0.05) is 0 Å². The zero-order valence-electron chi connectivity index (χ0n) is 4.26. The third-order valence-corrected chi connectivity index (χ3v) is 0. The summed E-state index contributed by atoms with van der Waals surface area (Å²) < 4.78 is 19.5. The van der Waals surface area contributed by atoms with E-state index < -0.39 is 7.56 Å². The molecule has 30 valence electrons. The van der Waals surface area contributed by atoms with Gasteiger partial charge in [0, 0.05) is 0 Å². The Kier molecular flexibility index (Phi) is 7.12. The number of hydrogen-bond acceptors (Lipinski definition) is 1. The van der Waals surface area contributed by atoms with Crippen LogP contribution in [0.3, 0.4) is 0 Å². The Bertz CT molecular complexity index is 63.8. The van der Waals surface area contributed by atoms with Crippen LogP contribution in [-0.4, -0.2) is 12.5 Å². The van der Waals surface area contributed by atoms with E-state index in [0.29, 0.717) is 0 Å². The Morgan fingerprint density at radius 1 is 2.00 bits per heavy atom. The van der Waals surface area contributed by atoms with Crippen molar-refractivity contribution >= 4 is 15.1 Å². The van der Waals surface area contributed by atoms with Crippen LogP contribution in [0, 0.1) is 0 Å². The second-order valence-electron chi connectivity index (χ2n) is 0.545. The summed E-state index contributed by atoms with van der Waals surface area (Å²) in [5.41, 5.74) is 0. The van der Waals surface area contributed by atoms with Crippen molar-refractivity contribution in [3.05, 3.63) is 0 Å². The summed E-state index contributed by atoms with van der Waals surface area (Å²) in [6, 6.07) is 0. The normalized spacial score (nSPS) is 17.7. The number of rotatable bonds is 0. The quantitative estimate of drug-likeness (QED) is 0.326. The predicted molar refractivity (Wildman–Crippen MR) is 17.8 cm³/mol. The van der Waals surface area contributed by atoms with E-state index in [9.17, 15) is 4.20 Å². The molecule has 0 amide bonds. The van der Waals surface area contributed by atoms with Crippen molar-refractivity contribution in [2.45, 2.75) is 0 Å². The maximum Gasteiger partial charge on any atom is 1.00 e. The second kappa shape index (κ2) is 3.93. The van der Waals surface area contributed by atoms with Gasteiger partial charge in [0.25, 0.3) is 7.56 Å². The van der Waals surface area contributed by atoms with Crippen LogP contribution in [0.5, 0.6) is 0 Å². The maximum atomic E-state index is 10.6. The van der Waals surface area contributed by atoms with Crippen molar-refractivity contribution < 1.29 is 73.3 Å². The predicted octanol–water partition coefficient (Wildman–Crippen LogP) is -2.66. The van der Waals surface area contributed by atoms with E-state index in [1.165, 1.54) is 0 Å². The topological polar surface area (TPSA) is 37.3 Å². The molecule has 0 bridgehead atoms. The average molecular weight is 180 g/mol. The largest absolute Gasteiger partial charge is 1.00 e. The van der Waals surface area contributed by atoms with Gasteiger partial charge in [-0.3, -0.25) is 4.57 Å². The summed E-state index contributed by atoms with van der Waals surface area (Å²) in [7, 11) is -0.840. The zero-order chi connectivity index (χ0) is 4.50. The molecule has 0 aromatic heterocycles. The van der Waals surface area contributed by atoms with Crippen molar-refractivity contribution in [3.8, 4) is 0 Å². The van der Waals surface area contributed by atoms with Gasteiger partial charge in [-0.15, -0.1) is 0 Å². The van der Waals surface area contributed by atoms with Crippen LogP contribution in [0.25, 0.3) is 0 Å². The molecule has 1 unspecified atom stereocenters. The molecule has 6 heteroatoms. The first-order valence-corrected chi connectivity index (χ1v) is 2.43. The third kappa shape index (κ3) is 37.7. The van der Waals surface area contributed by atoms with Gasteiger partial charge in [0.05, 0.1) is 0 Å². The Balaban J connectivity index is -0.0000000800. The molecular weight excluding hydrogens is 178 g/mol. The molecule has 0 aliphatic rings. The van der Waals surface area contributed by atoms with Gasteiger partial charge in [0.15, 0.2) is 0 Å². The fourth-order valence-electron chi connectivity index (χ4n) is 0. The van der Waals surface area contributed by atoms with Crippen molar-refractivity contribution in [2.75, 3.05) is 0 Å². The molecule has 2 nitrogen and oxygen atoms in total. The maximum absolute atomic E-state index is 10.6. The minimum atomic E-state index is -4.64. The SMILES string of the molecule is [B]P(=O)(O)F.[H-].[Rb+]. The number of hydrogen-bond donors (Lipinski definition) is 1. The van der Waals surface area contributed by atoms with Gasteiger partial charge in [0.2, 0.25) is 7.57 Å². The summed E-state index contributed by atoms with van der Waals surface area (Å²) >= 11 is 0. The summed E-state index contributed by atoms with van der Waals surface area (Å²) in [6.45, 7) is 0. The molecule has 0 aromatic rings. The minimum absolute atomic E-state index is 0. The third-order valence-electron chi connectivity index (χ3n) is 0. The van der Waals surface area contributed by atoms with Crippen molar-refractivity contribution in [3.63, 3.8) is 0 Å². The first-order chi connectivity index (χ1) is 2.00. The summed E-state index contributed by atoms with van der Waals surface area (Å²) in [5, 5.41) is 0. The van der Waals surface area contributed by atoms with Gasteiger partial charge in [-0.25, -0.2) is 0 Å². The zero-order valence-corrected chi connectivity index (χ0v) is 9.07. The van der Waals surface area contributed by atoms with E-state index in [-0.39, 0.29) is 59.6 Å². The molecule has 6 heavy (non-hydrogen) atoms. The van der Waals surface area contributed by atoms with Gasteiger partial charge < -0.3 is 6.32 Å². The molecule has 1 atom stereocenters. The molecule has 0 spiro atoms. The van der Waals surface area contributed by atoms with Gasteiger partial charge >= 0.3 is 58.2 Å². The minimum Gasteiger partial charge on any atom is -1.00 e. The van der Waals surface area contributed by atoms with Gasteiger partial charge in [-0.2, -0.15) is 4.20 Å². The molecule has 0 fully saturated rings. The first-order valence-electron chi connectivity index (χ1n) is 0.810. The molecule has 0 saturated heterocycles. The molecule has 0 heterocycles. The van der Waals surface area contributed by atoms with Crippen molar-refractivity contribution in [1.82, 2.24) is 0 Å². The summed E-state index contributed by atoms with van der Waals surface area (Å²) in [4.78, 5) is 7.19. The Hall–Kier alpha value is 1.99. The molecule has 0 saturated carbocycles. The molecule has 1 N–H and O–H groups in total. The first kappa shape index (κ1) is 10.9. The molecule has 0 rings (SSSR count). The molecule has 0 aliphatic carbocycles. The van der Waals surface area contributed by atoms with E-state index in [0.717, 1.165) is 0 Å². The van der Waals surface area contributed by atoms with E-state index in [4.69, 9.17) is 9.46 Å². The van der Waals surface area contributed by atoms with Crippen LogP contribution >= 0.6 is 7.56 Å². The smallest absolute Gasteiger partial charge is 1.00 e. The van der Waals surface area contributed by atoms with Gasteiger partial charge in [0.1, 0.15) is 0 Å². The Morgan fingerprint density at radius 3 is 2.00 bits per heavy atom. The monoisotopic (exact) mass is 180 g/mol. The second-order valence-corrected chi connectivity index (χ2v) is 1.63. The van der Waals surface area contributed by atoms with Crippen molar-refractivity contribution in [2.24, 2.45) is 0 Å². The van der Waals surface area contributed by atoms with Crippen LogP contribution in [0.1, 0.15) is 1.43 Å². The van der Waals surface area contributed by atoms with Crippen LogP contribution in [-0.2, 0) is 4.57 Å². The van der Waals surface area contributed by atoms with Crippen molar-refractivity contribution in [1.29, 1.82) is 0 Å². The van der Waals surface area contributed by atoms with Crippen LogP contribution in [0.4, 0.5) is 4.20 Å². The Labute approximate surface area is 86.7 Å². The summed E-state index contributed by atoms with van der Waals surface area (Å²) in [5.74, 6) is 0. The van der Waals surface area contributed by atoms with E-state index >= 15 is 0 Å². The fourth-order valence-corrected chi connectivity index (χ4v) is 0. The Morgan fingerprint density at radius 2 is 2.00 bits per heavy atom. The molecule has 2 radical (unpaired) electrons.